The number of ether oxygens (including phenoxy) is 1. The van der Waals surface area contributed by atoms with Crippen molar-refractivity contribution in [2.45, 2.75) is 6.42 Å². The van der Waals surface area contributed by atoms with Crippen molar-refractivity contribution in [3.05, 3.63) is 52.1 Å². The summed E-state index contributed by atoms with van der Waals surface area (Å²) in [4.78, 5) is 17.6. The zero-order chi connectivity index (χ0) is 12.3. The van der Waals surface area contributed by atoms with Crippen LogP contribution in [0.5, 0.6) is 11.6 Å². The monoisotopic (exact) mass is 232 g/mol. The summed E-state index contributed by atoms with van der Waals surface area (Å²) in [6.45, 7) is 0. The zero-order valence-electron chi connectivity index (χ0n) is 9.30. The van der Waals surface area contributed by atoms with Crippen LogP contribution in [0.3, 0.4) is 0 Å². The van der Waals surface area contributed by atoms with E-state index in [1.165, 1.54) is 0 Å². The van der Waals surface area contributed by atoms with Crippen molar-refractivity contribution in [2.24, 2.45) is 0 Å². The second-order valence-electron chi connectivity index (χ2n) is 3.58. The molecular weight excluding hydrogens is 220 g/mol. The molecule has 0 fully saturated rings. The molecule has 0 spiro atoms. The van der Waals surface area contributed by atoms with Gasteiger partial charge in [-0.05, 0) is 17.7 Å². The van der Waals surface area contributed by atoms with Gasteiger partial charge in [0.2, 0.25) is 5.88 Å². The summed E-state index contributed by atoms with van der Waals surface area (Å²) in [6.07, 6.45) is 0.431. The molecule has 0 saturated heterocycles. The lowest BCUT2D eigenvalue weighted by Gasteiger charge is -2.04. The Bertz CT molecular complexity index is 578. The van der Waals surface area contributed by atoms with Crippen molar-refractivity contribution in [3.63, 3.8) is 0 Å². The van der Waals surface area contributed by atoms with Crippen LogP contribution < -0.4 is 10.3 Å². The van der Waals surface area contributed by atoms with Crippen LogP contribution in [0.25, 0.3) is 0 Å². The topological polar surface area (TPSA) is 75.2 Å². The van der Waals surface area contributed by atoms with E-state index in [4.69, 9.17) is 4.74 Å². The van der Waals surface area contributed by atoms with Gasteiger partial charge in [-0.1, -0.05) is 12.1 Å². The average molecular weight is 232 g/mol. The summed E-state index contributed by atoms with van der Waals surface area (Å²) >= 11 is 0. The number of nitrogens with zero attached hydrogens (tertiary/aromatic N) is 1. The third kappa shape index (κ3) is 2.84. The Morgan fingerprint density at radius 3 is 2.94 bits per heavy atom. The molecule has 17 heavy (non-hydrogen) atoms. The van der Waals surface area contributed by atoms with Gasteiger partial charge < -0.3 is 14.8 Å². The fourth-order valence-electron chi connectivity index (χ4n) is 1.55. The maximum absolute atomic E-state index is 11.1. The molecule has 2 N–H and O–H groups in total. The van der Waals surface area contributed by atoms with E-state index >= 15 is 0 Å². The normalized spacial score (nSPS) is 10.2. The molecule has 1 aromatic carbocycles. The van der Waals surface area contributed by atoms with Gasteiger partial charge in [-0.2, -0.15) is 4.98 Å². The molecule has 0 amide bonds. The van der Waals surface area contributed by atoms with E-state index in [1.54, 1.807) is 7.11 Å². The average Bonchev–Trinajstić information content (AvgIpc) is 2.28. The van der Waals surface area contributed by atoms with Crippen LogP contribution in [-0.2, 0) is 6.42 Å². The van der Waals surface area contributed by atoms with Crippen LogP contribution in [0.1, 0.15) is 11.4 Å². The molecule has 0 radical (unpaired) electrons. The van der Waals surface area contributed by atoms with Crippen molar-refractivity contribution in [2.75, 3.05) is 7.11 Å². The Morgan fingerprint density at radius 2 is 2.24 bits per heavy atom. The molecule has 0 aliphatic heterocycles. The Hall–Kier alpha value is -2.30. The maximum Gasteiger partial charge on any atom is 0.254 e. The standard InChI is InChI=1S/C12H12N2O3/c1-17-9-4-2-3-8(5-9)6-10-13-11(15)7-12(16)14-10/h2-5,7H,6H2,1H3,(H2,13,14,15,16). The van der Waals surface area contributed by atoms with Gasteiger partial charge in [-0.15, -0.1) is 0 Å². The highest BCUT2D eigenvalue weighted by atomic mass is 16.5. The smallest absolute Gasteiger partial charge is 0.254 e. The summed E-state index contributed by atoms with van der Waals surface area (Å²) in [5.74, 6) is 0.889. The lowest BCUT2D eigenvalue weighted by molar-refractivity contribution is 0.414. The summed E-state index contributed by atoms with van der Waals surface area (Å²) < 4.78 is 5.10. The molecule has 88 valence electrons. The number of aromatic nitrogens is 2. The lowest BCUT2D eigenvalue weighted by Crippen LogP contribution is -2.09. The van der Waals surface area contributed by atoms with Crippen LogP contribution in [0, 0.1) is 0 Å². The van der Waals surface area contributed by atoms with E-state index < -0.39 is 0 Å². The lowest BCUT2D eigenvalue weighted by atomic mass is 10.1. The van der Waals surface area contributed by atoms with Gasteiger partial charge in [0.05, 0.1) is 13.2 Å². The fourth-order valence-corrected chi connectivity index (χ4v) is 1.55. The van der Waals surface area contributed by atoms with Crippen molar-refractivity contribution in [3.8, 4) is 11.6 Å². The number of H-pyrrole nitrogens is 1. The third-order valence-electron chi connectivity index (χ3n) is 2.28. The molecule has 0 bridgehead atoms. The SMILES string of the molecule is COc1cccc(Cc2nc(O)cc(=O)[nH]2)c1. The molecule has 5 nitrogen and oxygen atoms in total. The first-order valence-corrected chi connectivity index (χ1v) is 5.09. The van der Waals surface area contributed by atoms with Crippen LogP contribution in [0.4, 0.5) is 0 Å². The summed E-state index contributed by atoms with van der Waals surface area (Å²) in [5.41, 5.74) is 0.577. The minimum absolute atomic E-state index is 0.272. The largest absolute Gasteiger partial charge is 0.497 e. The van der Waals surface area contributed by atoms with E-state index in [0.29, 0.717) is 12.2 Å². The van der Waals surface area contributed by atoms with Gasteiger partial charge in [0.15, 0.2) is 0 Å². The second kappa shape index (κ2) is 4.69. The fraction of sp³-hybridized carbons (Fsp3) is 0.167. The maximum atomic E-state index is 11.1. The summed E-state index contributed by atoms with van der Waals surface area (Å²) in [7, 11) is 1.59. The molecule has 2 aromatic rings. The second-order valence-corrected chi connectivity index (χ2v) is 3.58. The molecule has 1 heterocycles. The Morgan fingerprint density at radius 1 is 1.41 bits per heavy atom. The van der Waals surface area contributed by atoms with Crippen molar-refractivity contribution in [1.29, 1.82) is 0 Å². The molecule has 1 aromatic heterocycles. The van der Waals surface area contributed by atoms with Crippen molar-refractivity contribution >= 4 is 0 Å². The zero-order valence-corrected chi connectivity index (χ0v) is 9.30. The molecule has 0 atom stereocenters. The molecule has 2 rings (SSSR count). The van der Waals surface area contributed by atoms with E-state index in [-0.39, 0.29) is 11.4 Å². The predicted molar refractivity (Wildman–Crippen MR) is 62.3 cm³/mol. The van der Waals surface area contributed by atoms with Crippen LogP contribution in [0.2, 0.25) is 0 Å². The number of benzene rings is 1. The first kappa shape index (κ1) is 11.2. The molecule has 5 heteroatoms. The number of nitrogens with one attached hydrogen (secondary N) is 1. The highest BCUT2D eigenvalue weighted by molar-refractivity contribution is 5.30. The summed E-state index contributed by atoms with van der Waals surface area (Å²) in [5, 5.41) is 9.22. The molecule has 0 aliphatic rings. The van der Waals surface area contributed by atoms with Crippen LogP contribution in [-0.4, -0.2) is 22.2 Å². The van der Waals surface area contributed by atoms with Gasteiger partial charge in [0.25, 0.3) is 5.56 Å². The minimum atomic E-state index is -0.365. The van der Waals surface area contributed by atoms with Crippen LogP contribution in [0.15, 0.2) is 35.1 Å². The minimum Gasteiger partial charge on any atom is -0.497 e. The molecule has 0 unspecified atom stereocenters. The van der Waals surface area contributed by atoms with Gasteiger partial charge in [-0.25, -0.2) is 0 Å². The quantitative estimate of drug-likeness (QED) is 0.830. The first-order valence-electron chi connectivity index (χ1n) is 5.09. The van der Waals surface area contributed by atoms with Gasteiger partial charge in [-0.3, -0.25) is 4.79 Å². The van der Waals surface area contributed by atoms with Gasteiger partial charge in [0, 0.05) is 6.42 Å². The number of methoxy groups -OCH3 is 1. The Kier molecular flexibility index (Phi) is 3.09. The number of hydrogen-bond acceptors (Lipinski definition) is 4. The van der Waals surface area contributed by atoms with Gasteiger partial charge >= 0.3 is 0 Å². The highest BCUT2D eigenvalue weighted by Gasteiger charge is 2.02. The Labute approximate surface area is 97.7 Å². The Balaban J connectivity index is 2.27. The van der Waals surface area contributed by atoms with Crippen molar-refractivity contribution < 1.29 is 9.84 Å². The number of aromatic amines is 1. The summed E-state index contributed by atoms with van der Waals surface area (Å²) in [6, 6.07) is 8.48. The van der Waals surface area contributed by atoms with E-state index in [1.807, 2.05) is 24.3 Å². The number of aromatic hydroxyl groups is 1. The van der Waals surface area contributed by atoms with E-state index in [2.05, 4.69) is 9.97 Å². The first-order chi connectivity index (χ1) is 8.17. The van der Waals surface area contributed by atoms with E-state index in [0.717, 1.165) is 17.4 Å². The molecule has 0 saturated carbocycles. The highest BCUT2D eigenvalue weighted by Crippen LogP contribution is 2.14. The molecule has 0 aliphatic carbocycles. The number of hydrogen-bond donors (Lipinski definition) is 2. The van der Waals surface area contributed by atoms with Crippen LogP contribution >= 0.6 is 0 Å². The van der Waals surface area contributed by atoms with Gasteiger partial charge in [0.1, 0.15) is 11.6 Å². The predicted octanol–water partition coefficient (Wildman–Crippen LogP) is 1.07. The van der Waals surface area contributed by atoms with E-state index in [9.17, 15) is 9.90 Å². The third-order valence-corrected chi connectivity index (χ3v) is 2.28. The number of rotatable bonds is 3. The van der Waals surface area contributed by atoms with Crippen molar-refractivity contribution in [1.82, 2.24) is 9.97 Å². The molecular formula is C12H12N2O3.